The Morgan fingerprint density at radius 3 is 2.09 bits per heavy atom. The zero-order valence-electron chi connectivity index (χ0n) is 11.9. The third-order valence-corrected chi connectivity index (χ3v) is 3.28. The standard InChI is InChI=1S/C17H17NO4/c19-11-10-15(17(21)22)18-16(20)14-8-6-13(7-9-14)12-4-2-1-3-5-12/h1-9,15,19H,10-11H2,(H,18,20)(H,21,22)/t15-/m0/s1. The van der Waals surface area contributed by atoms with Gasteiger partial charge in [-0.3, -0.25) is 4.79 Å². The van der Waals surface area contributed by atoms with E-state index in [0.29, 0.717) is 5.56 Å². The highest BCUT2D eigenvalue weighted by molar-refractivity contribution is 5.97. The molecule has 1 atom stereocenters. The Labute approximate surface area is 128 Å². The molecule has 0 aliphatic rings. The number of aliphatic hydroxyl groups is 1. The van der Waals surface area contributed by atoms with Crippen LogP contribution >= 0.6 is 0 Å². The van der Waals surface area contributed by atoms with Gasteiger partial charge in [0.1, 0.15) is 6.04 Å². The number of carboxylic acid groups (broad SMARTS) is 1. The molecule has 0 saturated heterocycles. The molecule has 0 aliphatic heterocycles. The molecule has 5 heteroatoms. The number of rotatable bonds is 6. The Bertz CT molecular complexity index is 637. The molecule has 0 unspecified atom stereocenters. The molecule has 0 bridgehead atoms. The van der Waals surface area contributed by atoms with Crippen LogP contribution in [-0.4, -0.2) is 34.7 Å². The zero-order valence-corrected chi connectivity index (χ0v) is 11.9. The van der Waals surface area contributed by atoms with Gasteiger partial charge in [-0.2, -0.15) is 0 Å². The SMILES string of the molecule is O=C(N[C@@H](CCO)C(=O)O)c1ccc(-c2ccccc2)cc1. The summed E-state index contributed by atoms with van der Waals surface area (Å²) in [6.45, 7) is -0.301. The molecule has 0 fully saturated rings. The number of aliphatic hydroxyl groups excluding tert-OH is 1. The Kier molecular flexibility index (Phi) is 5.27. The number of carbonyl (C=O) groups is 2. The first kappa shape index (κ1) is 15.7. The molecule has 0 radical (unpaired) electrons. The lowest BCUT2D eigenvalue weighted by atomic mass is 10.0. The molecule has 0 saturated carbocycles. The van der Waals surface area contributed by atoms with E-state index in [9.17, 15) is 9.59 Å². The molecular weight excluding hydrogens is 282 g/mol. The summed E-state index contributed by atoms with van der Waals surface area (Å²) < 4.78 is 0. The number of hydrogen-bond donors (Lipinski definition) is 3. The van der Waals surface area contributed by atoms with Crippen LogP contribution in [0.2, 0.25) is 0 Å². The second kappa shape index (κ2) is 7.38. The van der Waals surface area contributed by atoms with Gasteiger partial charge >= 0.3 is 5.97 Å². The Balaban J connectivity index is 2.10. The van der Waals surface area contributed by atoms with Crippen molar-refractivity contribution < 1.29 is 19.8 Å². The zero-order chi connectivity index (χ0) is 15.9. The number of benzene rings is 2. The Hall–Kier alpha value is -2.66. The quantitative estimate of drug-likeness (QED) is 0.760. The van der Waals surface area contributed by atoms with Crippen LogP contribution in [-0.2, 0) is 4.79 Å². The summed E-state index contributed by atoms with van der Waals surface area (Å²) >= 11 is 0. The van der Waals surface area contributed by atoms with Gasteiger partial charge in [0.05, 0.1) is 0 Å². The fourth-order valence-corrected chi connectivity index (χ4v) is 2.07. The molecular formula is C17H17NO4. The van der Waals surface area contributed by atoms with Crippen LogP contribution in [0.5, 0.6) is 0 Å². The lowest BCUT2D eigenvalue weighted by Gasteiger charge is -2.13. The number of aliphatic carboxylic acids is 1. The highest BCUT2D eigenvalue weighted by Gasteiger charge is 2.19. The number of carboxylic acids is 1. The summed E-state index contributed by atoms with van der Waals surface area (Å²) in [5, 5.41) is 20.2. The second-order valence-electron chi connectivity index (χ2n) is 4.82. The van der Waals surface area contributed by atoms with Crippen LogP contribution in [0.25, 0.3) is 11.1 Å². The molecule has 0 aromatic heterocycles. The van der Waals surface area contributed by atoms with Gasteiger partial charge in [0.2, 0.25) is 0 Å². The summed E-state index contributed by atoms with van der Waals surface area (Å²) in [5.74, 6) is -1.64. The van der Waals surface area contributed by atoms with Crippen LogP contribution in [0.1, 0.15) is 16.8 Å². The minimum Gasteiger partial charge on any atom is -0.480 e. The fraction of sp³-hybridized carbons (Fsp3) is 0.176. The smallest absolute Gasteiger partial charge is 0.326 e. The molecule has 1 amide bonds. The maximum Gasteiger partial charge on any atom is 0.326 e. The van der Waals surface area contributed by atoms with Crippen LogP contribution in [0.15, 0.2) is 54.6 Å². The van der Waals surface area contributed by atoms with E-state index in [4.69, 9.17) is 10.2 Å². The van der Waals surface area contributed by atoms with Crippen molar-refractivity contribution in [2.45, 2.75) is 12.5 Å². The molecule has 2 aromatic carbocycles. The average Bonchev–Trinajstić information content (AvgIpc) is 2.55. The van der Waals surface area contributed by atoms with Crippen molar-refractivity contribution in [3.63, 3.8) is 0 Å². The van der Waals surface area contributed by atoms with Gasteiger partial charge in [-0.25, -0.2) is 4.79 Å². The monoisotopic (exact) mass is 299 g/mol. The molecule has 0 spiro atoms. The van der Waals surface area contributed by atoms with Gasteiger partial charge in [-0.15, -0.1) is 0 Å². The number of nitrogens with one attached hydrogen (secondary N) is 1. The van der Waals surface area contributed by atoms with Gasteiger partial charge in [0.15, 0.2) is 0 Å². The van der Waals surface area contributed by atoms with E-state index in [1.807, 2.05) is 42.5 Å². The number of amides is 1. The van der Waals surface area contributed by atoms with Crippen molar-refractivity contribution in [2.75, 3.05) is 6.61 Å². The summed E-state index contributed by atoms with van der Waals surface area (Å²) in [6.07, 6.45) is -0.0246. The first-order valence-corrected chi connectivity index (χ1v) is 6.92. The van der Waals surface area contributed by atoms with Gasteiger partial charge in [0.25, 0.3) is 5.91 Å². The van der Waals surface area contributed by atoms with Crippen molar-refractivity contribution >= 4 is 11.9 Å². The topological polar surface area (TPSA) is 86.6 Å². The Morgan fingerprint density at radius 2 is 1.55 bits per heavy atom. The van der Waals surface area contributed by atoms with Gasteiger partial charge in [-0.1, -0.05) is 42.5 Å². The normalized spacial score (nSPS) is 11.7. The number of carbonyl (C=O) groups excluding carboxylic acids is 1. The Morgan fingerprint density at radius 1 is 0.955 bits per heavy atom. The summed E-state index contributed by atoms with van der Waals surface area (Å²) in [5.41, 5.74) is 2.39. The maximum atomic E-state index is 12.0. The molecule has 0 heterocycles. The second-order valence-corrected chi connectivity index (χ2v) is 4.82. The number of hydrogen-bond acceptors (Lipinski definition) is 3. The molecule has 0 aliphatic carbocycles. The molecule has 5 nitrogen and oxygen atoms in total. The van der Waals surface area contributed by atoms with Crippen LogP contribution < -0.4 is 5.32 Å². The van der Waals surface area contributed by atoms with E-state index >= 15 is 0 Å². The van der Waals surface area contributed by atoms with E-state index in [2.05, 4.69) is 5.32 Å². The first-order valence-electron chi connectivity index (χ1n) is 6.92. The summed E-state index contributed by atoms with van der Waals surface area (Å²) in [6, 6.07) is 15.6. The van der Waals surface area contributed by atoms with Gasteiger partial charge in [0, 0.05) is 18.6 Å². The van der Waals surface area contributed by atoms with Gasteiger partial charge < -0.3 is 15.5 Å². The lowest BCUT2D eigenvalue weighted by molar-refractivity contribution is -0.139. The highest BCUT2D eigenvalue weighted by Crippen LogP contribution is 2.19. The molecule has 2 aromatic rings. The van der Waals surface area contributed by atoms with Crippen LogP contribution in [0.3, 0.4) is 0 Å². The first-order chi connectivity index (χ1) is 10.6. The van der Waals surface area contributed by atoms with Crippen molar-refractivity contribution in [1.29, 1.82) is 0 Å². The third kappa shape index (κ3) is 3.93. The predicted octanol–water partition coefficient (Wildman–Crippen LogP) is 1.92. The molecule has 2 rings (SSSR count). The minimum absolute atomic E-state index is 0.0246. The van der Waals surface area contributed by atoms with E-state index in [1.54, 1.807) is 12.1 Å². The maximum absolute atomic E-state index is 12.0. The molecule has 22 heavy (non-hydrogen) atoms. The molecule has 114 valence electrons. The van der Waals surface area contributed by atoms with Crippen molar-refractivity contribution in [1.82, 2.24) is 5.32 Å². The largest absolute Gasteiger partial charge is 0.480 e. The van der Waals surface area contributed by atoms with Crippen LogP contribution in [0.4, 0.5) is 0 Å². The summed E-state index contributed by atoms with van der Waals surface area (Å²) in [4.78, 5) is 23.0. The minimum atomic E-state index is -1.16. The third-order valence-electron chi connectivity index (χ3n) is 3.28. The van der Waals surface area contributed by atoms with Crippen LogP contribution in [0, 0.1) is 0 Å². The van der Waals surface area contributed by atoms with E-state index in [-0.39, 0.29) is 13.0 Å². The summed E-state index contributed by atoms with van der Waals surface area (Å²) in [7, 11) is 0. The van der Waals surface area contributed by atoms with Crippen molar-refractivity contribution in [3.8, 4) is 11.1 Å². The van der Waals surface area contributed by atoms with E-state index < -0.39 is 17.9 Å². The average molecular weight is 299 g/mol. The fourth-order valence-electron chi connectivity index (χ4n) is 2.07. The van der Waals surface area contributed by atoms with E-state index in [1.165, 1.54) is 0 Å². The predicted molar refractivity (Wildman–Crippen MR) is 82.5 cm³/mol. The van der Waals surface area contributed by atoms with Gasteiger partial charge in [-0.05, 0) is 23.3 Å². The van der Waals surface area contributed by atoms with Crippen molar-refractivity contribution in [3.05, 3.63) is 60.2 Å². The van der Waals surface area contributed by atoms with Crippen molar-refractivity contribution in [2.24, 2.45) is 0 Å². The highest BCUT2D eigenvalue weighted by atomic mass is 16.4. The lowest BCUT2D eigenvalue weighted by Crippen LogP contribution is -2.41. The molecule has 3 N–H and O–H groups in total. The van der Waals surface area contributed by atoms with E-state index in [0.717, 1.165) is 11.1 Å².